The van der Waals surface area contributed by atoms with Crippen LogP contribution in [0.2, 0.25) is 0 Å². The SMILES string of the molecule is CCCCn1c(SCc2nc3cc(C(=O)OC)ccc3c(=O)[nH]2)nnc1-c1ccc(OC)cc1. The van der Waals surface area contributed by atoms with Crippen LogP contribution in [0.15, 0.2) is 52.4 Å². The highest BCUT2D eigenvalue weighted by atomic mass is 32.2. The lowest BCUT2D eigenvalue weighted by molar-refractivity contribution is 0.0601. The predicted octanol–water partition coefficient (Wildman–Crippen LogP) is 4.07. The van der Waals surface area contributed by atoms with Crippen LogP contribution in [0.3, 0.4) is 0 Å². The first-order chi connectivity index (χ1) is 16.5. The van der Waals surface area contributed by atoms with Gasteiger partial charge < -0.3 is 19.0 Å². The van der Waals surface area contributed by atoms with Gasteiger partial charge in [0.15, 0.2) is 11.0 Å². The Morgan fingerprint density at radius 2 is 1.91 bits per heavy atom. The molecule has 0 atom stereocenters. The zero-order valence-electron chi connectivity index (χ0n) is 19.2. The average molecular weight is 480 g/mol. The van der Waals surface area contributed by atoms with Crippen molar-refractivity contribution < 1.29 is 14.3 Å². The Balaban J connectivity index is 1.61. The van der Waals surface area contributed by atoms with Gasteiger partial charge in [0.1, 0.15) is 11.6 Å². The Morgan fingerprint density at radius 3 is 2.62 bits per heavy atom. The molecule has 9 nitrogen and oxygen atoms in total. The minimum Gasteiger partial charge on any atom is -0.497 e. The highest BCUT2D eigenvalue weighted by molar-refractivity contribution is 7.98. The Kier molecular flexibility index (Phi) is 7.27. The van der Waals surface area contributed by atoms with Crippen molar-refractivity contribution >= 4 is 28.6 Å². The van der Waals surface area contributed by atoms with Gasteiger partial charge in [-0.2, -0.15) is 0 Å². The monoisotopic (exact) mass is 479 g/mol. The molecule has 34 heavy (non-hydrogen) atoms. The number of carbonyl (C=O) groups is 1. The van der Waals surface area contributed by atoms with Crippen molar-refractivity contribution in [1.29, 1.82) is 0 Å². The molecule has 2 aromatic carbocycles. The summed E-state index contributed by atoms with van der Waals surface area (Å²) in [6.45, 7) is 2.91. The smallest absolute Gasteiger partial charge is 0.337 e. The molecule has 0 amide bonds. The summed E-state index contributed by atoms with van der Waals surface area (Å²) in [7, 11) is 2.95. The van der Waals surface area contributed by atoms with Gasteiger partial charge in [0.2, 0.25) is 0 Å². The molecule has 0 saturated carbocycles. The second kappa shape index (κ2) is 10.5. The van der Waals surface area contributed by atoms with E-state index in [1.807, 2.05) is 24.3 Å². The number of carbonyl (C=O) groups excluding carboxylic acids is 1. The molecule has 1 N–H and O–H groups in total. The zero-order valence-corrected chi connectivity index (χ0v) is 20.0. The van der Waals surface area contributed by atoms with E-state index in [2.05, 4.69) is 31.7 Å². The third kappa shape index (κ3) is 4.96. The number of nitrogens with one attached hydrogen (secondary N) is 1. The van der Waals surface area contributed by atoms with E-state index < -0.39 is 5.97 Å². The molecule has 2 heterocycles. The number of methoxy groups -OCH3 is 2. The van der Waals surface area contributed by atoms with E-state index in [0.29, 0.717) is 28.0 Å². The van der Waals surface area contributed by atoms with E-state index in [4.69, 9.17) is 9.47 Å². The molecule has 0 unspecified atom stereocenters. The Labute approximate surface area is 200 Å². The highest BCUT2D eigenvalue weighted by Gasteiger charge is 2.16. The highest BCUT2D eigenvalue weighted by Crippen LogP contribution is 2.27. The third-order valence-corrected chi connectivity index (χ3v) is 6.29. The van der Waals surface area contributed by atoms with E-state index in [-0.39, 0.29) is 5.56 Å². The number of thioether (sulfide) groups is 1. The van der Waals surface area contributed by atoms with Crippen molar-refractivity contribution in [2.24, 2.45) is 0 Å². The molecule has 4 rings (SSSR count). The number of fused-ring (bicyclic) bond motifs is 1. The minimum atomic E-state index is -0.477. The van der Waals surface area contributed by atoms with Gasteiger partial charge in [-0.15, -0.1) is 10.2 Å². The number of benzene rings is 2. The molecule has 0 saturated heterocycles. The first-order valence-electron chi connectivity index (χ1n) is 10.9. The third-order valence-electron chi connectivity index (χ3n) is 5.32. The fourth-order valence-corrected chi connectivity index (χ4v) is 4.34. The fraction of sp³-hybridized carbons (Fsp3) is 0.292. The number of hydrogen-bond acceptors (Lipinski definition) is 8. The maximum absolute atomic E-state index is 12.5. The van der Waals surface area contributed by atoms with E-state index >= 15 is 0 Å². The lowest BCUT2D eigenvalue weighted by atomic mass is 10.1. The van der Waals surface area contributed by atoms with Crippen LogP contribution in [0, 0.1) is 0 Å². The summed E-state index contributed by atoms with van der Waals surface area (Å²) in [5.41, 5.74) is 1.47. The van der Waals surface area contributed by atoms with Crippen molar-refractivity contribution in [2.45, 2.75) is 37.2 Å². The van der Waals surface area contributed by atoms with Crippen LogP contribution in [0.25, 0.3) is 22.3 Å². The van der Waals surface area contributed by atoms with Crippen LogP contribution in [0.5, 0.6) is 5.75 Å². The van der Waals surface area contributed by atoms with Crippen LogP contribution in [0.4, 0.5) is 0 Å². The summed E-state index contributed by atoms with van der Waals surface area (Å²) in [4.78, 5) is 31.8. The molecule has 176 valence electrons. The second-order valence-electron chi connectivity index (χ2n) is 7.56. The molecular weight excluding hydrogens is 454 g/mol. The number of hydrogen-bond donors (Lipinski definition) is 1. The van der Waals surface area contributed by atoms with Crippen molar-refractivity contribution in [3.63, 3.8) is 0 Å². The Hall–Kier alpha value is -3.66. The number of aromatic nitrogens is 5. The normalized spacial score (nSPS) is 11.0. The molecule has 4 aromatic rings. The number of unbranched alkanes of at least 4 members (excludes halogenated alkanes) is 1. The molecule has 0 spiro atoms. The van der Waals surface area contributed by atoms with Crippen molar-refractivity contribution in [3.8, 4) is 17.1 Å². The van der Waals surface area contributed by atoms with Gasteiger partial charge in [-0.3, -0.25) is 4.79 Å². The largest absolute Gasteiger partial charge is 0.497 e. The molecule has 0 bridgehead atoms. The Bertz CT molecular complexity index is 1360. The summed E-state index contributed by atoms with van der Waals surface area (Å²) in [6, 6.07) is 12.4. The summed E-state index contributed by atoms with van der Waals surface area (Å²) >= 11 is 1.45. The molecule has 0 fully saturated rings. The Morgan fingerprint density at radius 1 is 1.12 bits per heavy atom. The number of rotatable bonds is 9. The van der Waals surface area contributed by atoms with Crippen molar-refractivity contribution in [3.05, 3.63) is 64.2 Å². The topological polar surface area (TPSA) is 112 Å². The number of nitrogens with zero attached hydrogens (tertiary/aromatic N) is 4. The summed E-state index contributed by atoms with van der Waals surface area (Å²) in [6.07, 6.45) is 2.02. The van der Waals surface area contributed by atoms with Gasteiger partial charge in [0.05, 0.1) is 36.4 Å². The van der Waals surface area contributed by atoms with Gasteiger partial charge in [-0.1, -0.05) is 25.1 Å². The number of H-pyrrole nitrogens is 1. The van der Waals surface area contributed by atoms with Gasteiger partial charge in [0, 0.05) is 12.1 Å². The van der Waals surface area contributed by atoms with Crippen LogP contribution >= 0.6 is 11.8 Å². The van der Waals surface area contributed by atoms with Crippen LogP contribution in [0.1, 0.15) is 35.9 Å². The first kappa shape index (κ1) is 23.5. The predicted molar refractivity (Wildman–Crippen MR) is 130 cm³/mol. The molecule has 10 heteroatoms. The number of aromatic amines is 1. The molecule has 0 aliphatic carbocycles. The molecule has 0 aliphatic rings. The molecular formula is C24H25N5O4S. The first-order valence-corrected chi connectivity index (χ1v) is 11.8. The van der Waals surface area contributed by atoms with E-state index in [1.54, 1.807) is 25.3 Å². The number of ether oxygens (including phenoxy) is 2. The maximum atomic E-state index is 12.5. The molecule has 2 aromatic heterocycles. The van der Waals surface area contributed by atoms with E-state index in [1.165, 1.54) is 18.9 Å². The molecule has 0 radical (unpaired) electrons. The quantitative estimate of drug-likeness (QED) is 0.282. The van der Waals surface area contributed by atoms with Gasteiger partial charge in [0.25, 0.3) is 5.56 Å². The summed E-state index contributed by atoms with van der Waals surface area (Å²) in [5.74, 6) is 1.96. The fourth-order valence-electron chi connectivity index (χ4n) is 3.50. The van der Waals surface area contributed by atoms with E-state index in [0.717, 1.165) is 41.7 Å². The van der Waals surface area contributed by atoms with E-state index in [9.17, 15) is 9.59 Å². The maximum Gasteiger partial charge on any atom is 0.337 e. The summed E-state index contributed by atoms with van der Waals surface area (Å²) in [5, 5.41) is 9.97. The van der Waals surface area contributed by atoms with Crippen LogP contribution in [-0.2, 0) is 17.0 Å². The number of esters is 1. The van der Waals surface area contributed by atoms with Gasteiger partial charge in [-0.05, 0) is 48.9 Å². The summed E-state index contributed by atoms with van der Waals surface area (Å²) < 4.78 is 12.1. The zero-order chi connectivity index (χ0) is 24.1. The van der Waals surface area contributed by atoms with Gasteiger partial charge >= 0.3 is 5.97 Å². The lowest BCUT2D eigenvalue weighted by Crippen LogP contribution is -2.12. The average Bonchev–Trinajstić information content (AvgIpc) is 3.27. The second-order valence-corrected chi connectivity index (χ2v) is 8.51. The van der Waals surface area contributed by atoms with Crippen LogP contribution in [-0.4, -0.2) is 44.9 Å². The molecule has 0 aliphatic heterocycles. The standard InChI is InChI=1S/C24H25N5O4S/c1-4-5-12-29-21(15-6-9-17(32-2)10-7-15)27-28-24(29)34-14-20-25-19-13-16(23(31)33-3)8-11-18(19)22(30)26-20/h6-11,13H,4-5,12,14H2,1-3H3,(H,25,26,30). The lowest BCUT2D eigenvalue weighted by Gasteiger charge is -2.10. The minimum absolute atomic E-state index is 0.261. The van der Waals surface area contributed by atoms with Crippen molar-refractivity contribution in [1.82, 2.24) is 24.7 Å². The van der Waals surface area contributed by atoms with Crippen molar-refractivity contribution in [2.75, 3.05) is 14.2 Å². The van der Waals surface area contributed by atoms with Crippen LogP contribution < -0.4 is 10.3 Å². The van der Waals surface area contributed by atoms with Gasteiger partial charge in [-0.25, -0.2) is 9.78 Å².